The van der Waals surface area contributed by atoms with Crippen molar-refractivity contribution >= 4 is 71.2 Å². The lowest BCUT2D eigenvalue weighted by Crippen LogP contribution is -2.03. The molecular formula is C53H31N5O. The summed E-state index contributed by atoms with van der Waals surface area (Å²) in [5, 5.41) is 6.64. The number of fused-ring (bicyclic) bond motifs is 11. The van der Waals surface area contributed by atoms with E-state index in [0.717, 1.165) is 105 Å². The van der Waals surface area contributed by atoms with Gasteiger partial charge in [0.2, 0.25) is 0 Å². The van der Waals surface area contributed by atoms with Gasteiger partial charge in [-0.15, -0.1) is 0 Å². The Morgan fingerprint density at radius 3 is 1.93 bits per heavy atom. The fourth-order valence-corrected chi connectivity index (χ4v) is 8.99. The van der Waals surface area contributed by atoms with Gasteiger partial charge in [0.25, 0.3) is 0 Å². The Morgan fingerprint density at radius 1 is 0.475 bits per heavy atom. The highest BCUT2D eigenvalue weighted by Gasteiger charge is 2.25. The standard InChI is InChI=1S/C53H31N5O/c1-54-35-26-24-34(25-27-35)43-32-48(56-53(55-43)40-20-9-8-18-37(40)33-14-4-2-5-15-33)58-44-22-12-10-21-41(44)49-45(58)31-29-42-50-46(57(51(42)49)36-16-6-3-7-17-36)30-28-39-38-19-11-13-23-47(38)59-52(39)50/h2-32H. The number of aromatic nitrogens is 4. The smallest absolute Gasteiger partial charge is 0.187 e. The molecule has 0 atom stereocenters. The largest absolute Gasteiger partial charge is 0.455 e. The van der Waals surface area contributed by atoms with E-state index in [0.29, 0.717) is 11.5 Å². The van der Waals surface area contributed by atoms with Crippen LogP contribution in [0.15, 0.2) is 192 Å². The van der Waals surface area contributed by atoms with Crippen molar-refractivity contribution in [2.45, 2.75) is 0 Å². The number of hydrogen-bond acceptors (Lipinski definition) is 3. The van der Waals surface area contributed by atoms with Gasteiger partial charge in [-0.2, -0.15) is 0 Å². The molecular weight excluding hydrogens is 723 g/mol. The highest BCUT2D eigenvalue weighted by molar-refractivity contribution is 6.31. The zero-order chi connectivity index (χ0) is 39.0. The third-order valence-corrected chi connectivity index (χ3v) is 11.6. The molecule has 0 aliphatic carbocycles. The minimum Gasteiger partial charge on any atom is -0.455 e. The second-order valence-corrected chi connectivity index (χ2v) is 14.8. The molecule has 6 nitrogen and oxygen atoms in total. The van der Waals surface area contributed by atoms with Gasteiger partial charge in [-0.1, -0.05) is 133 Å². The Labute approximate surface area is 338 Å². The first-order chi connectivity index (χ1) is 29.2. The number of benzene rings is 8. The molecule has 12 rings (SSSR count). The molecule has 8 aromatic carbocycles. The van der Waals surface area contributed by atoms with Crippen LogP contribution in [-0.4, -0.2) is 19.1 Å². The first-order valence-electron chi connectivity index (χ1n) is 19.6. The van der Waals surface area contributed by atoms with Gasteiger partial charge < -0.3 is 8.98 Å². The Morgan fingerprint density at radius 2 is 1.14 bits per heavy atom. The lowest BCUT2D eigenvalue weighted by atomic mass is 9.99. The van der Waals surface area contributed by atoms with Crippen molar-refractivity contribution in [3.63, 3.8) is 0 Å². The minimum absolute atomic E-state index is 0.581. The molecule has 0 aliphatic heterocycles. The first kappa shape index (κ1) is 32.9. The number of rotatable bonds is 5. The number of para-hydroxylation sites is 3. The van der Waals surface area contributed by atoms with Crippen LogP contribution in [0.3, 0.4) is 0 Å². The number of hydrogen-bond donors (Lipinski definition) is 0. The van der Waals surface area contributed by atoms with Crippen LogP contribution in [0.1, 0.15) is 0 Å². The summed E-state index contributed by atoms with van der Waals surface area (Å²) in [5.74, 6) is 1.36. The van der Waals surface area contributed by atoms with Crippen molar-refractivity contribution in [1.82, 2.24) is 19.1 Å². The molecule has 12 aromatic rings. The zero-order valence-electron chi connectivity index (χ0n) is 31.5. The third kappa shape index (κ3) is 4.99. The van der Waals surface area contributed by atoms with E-state index in [9.17, 15) is 0 Å². The van der Waals surface area contributed by atoms with Crippen molar-refractivity contribution in [3.05, 3.63) is 199 Å². The van der Waals surface area contributed by atoms with E-state index < -0.39 is 0 Å². The summed E-state index contributed by atoms with van der Waals surface area (Å²) >= 11 is 0. The Balaban J connectivity index is 1.20. The summed E-state index contributed by atoms with van der Waals surface area (Å²) in [5.41, 5.74) is 12.4. The normalized spacial score (nSPS) is 11.7. The molecule has 0 saturated carbocycles. The lowest BCUT2D eigenvalue weighted by Gasteiger charge is -2.14. The van der Waals surface area contributed by atoms with Crippen LogP contribution in [0.25, 0.3) is 116 Å². The molecule has 0 N–H and O–H groups in total. The van der Waals surface area contributed by atoms with Crippen LogP contribution in [0.2, 0.25) is 0 Å². The molecule has 0 aliphatic rings. The molecule has 0 spiro atoms. The molecule has 59 heavy (non-hydrogen) atoms. The summed E-state index contributed by atoms with van der Waals surface area (Å²) in [7, 11) is 0. The second-order valence-electron chi connectivity index (χ2n) is 14.8. The molecule has 0 unspecified atom stereocenters. The maximum atomic E-state index is 7.57. The van der Waals surface area contributed by atoms with Gasteiger partial charge in [-0.05, 0) is 65.2 Å². The summed E-state index contributed by atoms with van der Waals surface area (Å²) in [6.07, 6.45) is 0. The third-order valence-electron chi connectivity index (χ3n) is 11.6. The molecule has 0 fully saturated rings. The first-order valence-corrected chi connectivity index (χ1v) is 19.6. The molecule has 0 bridgehead atoms. The van der Waals surface area contributed by atoms with Gasteiger partial charge in [-0.25, -0.2) is 14.8 Å². The average Bonchev–Trinajstić information content (AvgIpc) is 3.97. The molecule has 6 heteroatoms. The topological polar surface area (TPSA) is 53.1 Å². The van der Waals surface area contributed by atoms with Crippen LogP contribution >= 0.6 is 0 Å². The van der Waals surface area contributed by atoms with E-state index >= 15 is 0 Å². The lowest BCUT2D eigenvalue weighted by molar-refractivity contribution is 0.673. The molecule has 0 amide bonds. The quantitative estimate of drug-likeness (QED) is 0.164. The molecule has 0 radical (unpaired) electrons. The van der Waals surface area contributed by atoms with Crippen LogP contribution < -0.4 is 0 Å². The summed E-state index contributed by atoms with van der Waals surface area (Å²) in [6.45, 7) is 7.57. The van der Waals surface area contributed by atoms with Gasteiger partial charge in [0, 0.05) is 44.2 Å². The van der Waals surface area contributed by atoms with Crippen LogP contribution in [0.4, 0.5) is 5.69 Å². The van der Waals surface area contributed by atoms with E-state index in [1.807, 2.05) is 48.5 Å². The SMILES string of the molecule is [C-]#[N+]c1ccc(-c2cc(-n3c4ccccc4c4c3ccc3c5c6oc7ccccc7c6ccc5n(-c5ccccc5)c34)nc(-c3ccccc3-c3ccccc3)n2)cc1. The van der Waals surface area contributed by atoms with Gasteiger partial charge >= 0.3 is 0 Å². The van der Waals surface area contributed by atoms with Crippen molar-refractivity contribution in [3.8, 4) is 45.3 Å². The highest BCUT2D eigenvalue weighted by Crippen LogP contribution is 2.45. The minimum atomic E-state index is 0.581. The maximum absolute atomic E-state index is 7.57. The number of furan rings is 1. The highest BCUT2D eigenvalue weighted by atomic mass is 16.3. The van der Waals surface area contributed by atoms with Gasteiger partial charge in [-0.3, -0.25) is 4.57 Å². The molecule has 4 heterocycles. The van der Waals surface area contributed by atoms with Gasteiger partial charge in [0.05, 0.1) is 39.7 Å². The monoisotopic (exact) mass is 753 g/mol. The van der Waals surface area contributed by atoms with Crippen molar-refractivity contribution in [1.29, 1.82) is 0 Å². The number of nitrogens with zero attached hydrogens (tertiary/aromatic N) is 5. The van der Waals surface area contributed by atoms with Crippen LogP contribution in [0, 0.1) is 6.57 Å². The van der Waals surface area contributed by atoms with Crippen LogP contribution in [-0.2, 0) is 0 Å². The molecule has 0 saturated heterocycles. The van der Waals surface area contributed by atoms with Crippen molar-refractivity contribution in [2.75, 3.05) is 0 Å². The summed E-state index contributed by atoms with van der Waals surface area (Å²) in [4.78, 5) is 14.3. The molecule has 4 aromatic heterocycles. The Kier molecular flexibility index (Phi) is 7.19. The maximum Gasteiger partial charge on any atom is 0.187 e. The predicted octanol–water partition coefficient (Wildman–Crippen LogP) is 14.1. The second kappa shape index (κ2) is 12.9. The van der Waals surface area contributed by atoms with Gasteiger partial charge in [0.15, 0.2) is 11.5 Å². The van der Waals surface area contributed by atoms with Crippen LogP contribution in [0.5, 0.6) is 0 Å². The summed E-state index contributed by atoms with van der Waals surface area (Å²) in [6, 6.07) is 64.8. The van der Waals surface area contributed by atoms with E-state index in [2.05, 4.69) is 154 Å². The van der Waals surface area contributed by atoms with E-state index in [1.54, 1.807) is 0 Å². The fraction of sp³-hybridized carbons (Fsp3) is 0. The van der Waals surface area contributed by atoms with E-state index in [-0.39, 0.29) is 0 Å². The molecule has 274 valence electrons. The zero-order valence-corrected chi connectivity index (χ0v) is 31.5. The van der Waals surface area contributed by atoms with Crippen molar-refractivity contribution < 1.29 is 4.42 Å². The van der Waals surface area contributed by atoms with E-state index in [1.165, 1.54) is 0 Å². The Hall–Kier alpha value is -8.27. The van der Waals surface area contributed by atoms with Gasteiger partial charge in [0.1, 0.15) is 17.0 Å². The van der Waals surface area contributed by atoms with E-state index in [4.69, 9.17) is 21.0 Å². The summed E-state index contributed by atoms with van der Waals surface area (Å²) < 4.78 is 11.4. The van der Waals surface area contributed by atoms with Crippen molar-refractivity contribution in [2.24, 2.45) is 0 Å². The fourth-order valence-electron chi connectivity index (χ4n) is 8.99. The average molecular weight is 754 g/mol. The predicted molar refractivity (Wildman–Crippen MR) is 241 cm³/mol. The Bertz CT molecular complexity index is 3660.